The third-order valence-electron chi connectivity index (χ3n) is 5.16. The highest BCUT2D eigenvalue weighted by Crippen LogP contribution is 2.26. The van der Waals surface area contributed by atoms with E-state index in [0.717, 1.165) is 17.7 Å². The molecule has 1 fully saturated rings. The van der Waals surface area contributed by atoms with Crippen LogP contribution in [0.25, 0.3) is 0 Å². The number of hydrogen-bond acceptors (Lipinski definition) is 4. The van der Waals surface area contributed by atoms with E-state index >= 15 is 0 Å². The summed E-state index contributed by atoms with van der Waals surface area (Å²) in [5.41, 5.74) is 0.925. The highest BCUT2D eigenvalue weighted by atomic mass is 35.5. The maximum atomic E-state index is 13.9. The third-order valence-corrected chi connectivity index (χ3v) is 5.39. The van der Waals surface area contributed by atoms with Crippen molar-refractivity contribution in [2.24, 2.45) is 0 Å². The normalized spacial score (nSPS) is 16.9. The van der Waals surface area contributed by atoms with Gasteiger partial charge in [-0.05, 0) is 36.8 Å². The molecule has 2 aromatic rings. The minimum Gasteiger partial charge on any atom is -0.482 e. The Balaban J connectivity index is 1.62. The topological polar surface area (TPSA) is 70.1 Å². The first-order valence-corrected chi connectivity index (χ1v) is 10.2. The highest BCUT2D eigenvalue weighted by molar-refractivity contribution is 6.30. The van der Waals surface area contributed by atoms with Crippen LogP contribution in [-0.4, -0.2) is 59.1 Å². The van der Waals surface area contributed by atoms with Crippen LogP contribution in [0.15, 0.2) is 36.4 Å². The Morgan fingerprint density at radius 2 is 1.94 bits per heavy atom. The summed E-state index contributed by atoms with van der Waals surface area (Å²) in [6.07, 6.45) is -0.127. The zero-order chi connectivity index (χ0) is 22.5. The van der Waals surface area contributed by atoms with Crippen molar-refractivity contribution in [1.82, 2.24) is 9.80 Å². The van der Waals surface area contributed by atoms with Crippen molar-refractivity contribution < 1.29 is 28.2 Å². The Morgan fingerprint density at radius 3 is 2.61 bits per heavy atom. The summed E-state index contributed by atoms with van der Waals surface area (Å²) in [5.74, 6) is -2.24. The lowest BCUT2D eigenvalue weighted by atomic mass is 10.1. The van der Waals surface area contributed by atoms with Gasteiger partial charge in [-0.25, -0.2) is 13.6 Å². The average molecular weight is 453 g/mol. The molecule has 0 saturated carbocycles. The van der Waals surface area contributed by atoms with Crippen LogP contribution >= 0.6 is 11.6 Å². The van der Waals surface area contributed by atoms with Crippen molar-refractivity contribution >= 4 is 23.5 Å². The maximum absolute atomic E-state index is 13.9. The summed E-state index contributed by atoms with van der Waals surface area (Å²) in [7, 11) is 0. The van der Waals surface area contributed by atoms with E-state index < -0.39 is 24.2 Å². The Kier molecular flexibility index (Phi) is 7.46. The molecule has 0 radical (unpaired) electrons. The van der Waals surface area contributed by atoms with Crippen molar-refractivity contribution in [2.75, 3.05) is 26.2 Å². The second-order valence-corrected chi connectivity index (χ2v) is 7.95. The summed E-state index contributed by atoms with van der Waals surface area (Å²) in [6.45, 7) is 3.54. The van der Waals surface area contributed by atoms with E-state index in [4.69, 9.17) is 21.4 Å². The summed E-state index contributed by atoms with van der Waals surface area (Å²) >= 11 is 6.09. The summed E-state index contributed by atoms with van der Waals surface area (Å²) in [5, 5.41) is 9.37. The number of piperazine rings is 1. The third kappa shape index (κ3) is 6.15. The Labute approximate surface area is 184 Å². The van der Waals surface area contributed by atoms with Gasteiger partial charge in [-0.1, -0.05) is 17.7 Å². The Morgan fingerprint density at radius 1 is 1.16 bits per heavy atom. The van der Waals surface area contributed by atoms with Crippen LogP contribution in [0.5, 0.6) is 5.75 Å². The van der Waals surface area contributed by atoms with Gasteiger partial charge in [-0.2, -0.15) is 0 Å². The number of amides is 1. The van der Waals surface area contributed by atoms with Crippen LogP contribution in [0.2, 0.25) is 5.02 Å². The molecule has 1 aliphatic rings. The largest absolute Gasteiger partial charge is 0.482 e. The van der Waals surface area contributed by atoms with Gasteiger partial charge in [0.1, 0.15) is 17.4 Å². The van der Waals surface area contributed by atoms with Gasteiger partial charge in [0.25, 0.3) is 0 Å². The fourth-order valence-corrected chi connectivity index (χ4v) is 3.86. The van der Waals surface area contributed by atoms with Crippen molar-refractivity contribution in [3.63, 3.8) is 0 Å². The van der Waals surface area contributed by atoms with Gasteiger partial charge in [0.15, 0.2) is 6.61 Å². The minimum atomic E-state index is -1.07. The van der Waals surface area contributed by atoms with E-state index in [2.05, 4.69) is 4.90 Å². The van der Waals surface area contributed by atoms with Crippen LogP contribution in [0.3, 0.4) is 0 Å². The molecular weight excluding hydrogens is 430 g/mol. The van der Waals surface area contributed by atoms with E-state index in [9.17, 15) is 18.4 Å². The first-order chi connectivity index (χ1) is 14.7. The van der Waals surface area contributed by atoms with Crippen LogP contribution in [-0.2, 0) is 22.6 Å². The summed E-state index contributed by atoms with van der Waals surface area (Å²) in [6, 6.07) is 8.10. The Bertz CT molecular complexity index is 973. The predicted octanol–water partition coefficient (Wildman–Crippen LogP) is 3.36. The molecule has 1 heterocycles. The summed E-state index contributed by atoms with van der Waals surface area (Å²) < 4.78 is 32.3. The van der Waals surface area contributed by atoms with Gasteiger partial charge >= 0.3 is 5.97 Å². The molecule has 166 valence electrons. The van der Waals surface area contributed by atoms with Gasteiger partial charge in [-0.3, -0.25) is 9.69 Å². The molecule has 3 rings (SSSR count). The lowest BCUT2D eigenvalue weighted by molar-refractivity contribution is -0.139. The molecule has 9 heteroatoms. The number of carbonyl (C=O) groups excluding carboxylic acids is 1. The number of hydrogen-bond donors (Lipinski definition) is 1. The number of nitrogens with zero attached hydrogens (tertiary/aromatic N) is 2. The SMILES string of the molecule is C[C@H]1CN(Cc2cc(Cl)ccc2OCC(=O)O)CCN1C(=O)Cc1ccc(F)cc1F. The molecule has 1 N–H and O–H groups in total. The minimum absolute atomic E-state index is 0.118. The highest BCUT2D eigenvalue weighted by Gasteiger charge is 2.28. The fourth-order valence-electron chi connectivity index (χ4n) is 3.67. The van der Waals surface area contributed by atoms with Crippen LogP contribution in [0.4, 0.5) is 8.78 Å². The molecule has 0 aromatic heterocycles. The van der Waals surface area contributed by atoms with Gasteiger partial charge in [-0.15, -0.1) is 0 Å². The van der Waals surface area contributed by atoms with E-state index in [1.807, 2.05) is 6.92 Å². The fraction of sp³-hybridized carbons (Fsp3) is 0.364. The number of carboxylic acid groups (broad SMARTS) is 1. The lowest BCUT2D eigenvalue weighted by Crippen LogP contribution is -2.54. The van der Waals surface area contributed by atoms with E-state index in [1.54, 1.807) is 23.1 Å². The molecule has 1 atom stereocenters. The Hall–Kier alpha value is -2.71. The molecule has 1 saturated heterocycles. The van der Waals surface area contributed by atoms with Gasteiger partial charge in [0.2, 0.25) is 5.91 Å². The molecule has 2 aromatic carbocycles. The monoisotopic (exact) mass is 452 g/mol. The smallest absolute Gasteiger partial charge is 0.341 e. The number of rotatable bonds is 7. The molecule has 1 amide bonds. The molecule has 0 spiro atoms. The lowest BCUT2D eigenvalue weighted by Gasteiger charge is -2.40. The number of carboxylic acids is 1. The maximum Gasteiger partial charge on any atom is 0.341 e. The second-order valence-electron chi connectivity index (χ2n) is 7.52. The molecule has 6 nitrogen and oxygen atoms in total. The van der Waals surface area contributed by atoms with E-state index in [0.29, 0.717) is 37.0 Å². The molecule has 0 unspecified atom stereocenters. The van der Waals surface area contributed by atoms with Crippen LogP contribution in [0.1, 0.15) is 18.1 Å². The molecule has 31 heavy (non-hydrogen) atoms. The zero-order valence-electron chi connectivity index (χ0n) is 17.0. The standard InChI is InChI=1S/C22H23ClF2N2O4/c1-14-11-26(12-16-8-17(23)3-5-20(16)31-13-22(29)30)6-7-27(14)21(28)9-15-2-4-18(24)10-19(15)25/h2-5,8,10,14H,6-7,9,11-13H2,1H3,(H,29,30)/t14-/m0/s1. The van der Waals surface area contributed by atoms with Gasteiger partial charge in [0, 0.05) is 48.9 Å². The van der Waals surface area contributed by atoms with Crippen molar-refractivity contribution in [2.45, 2.75) is 25.9 Å². The van der Waals surface area contributed by atoms with Crippen molar-refractivity contribution in [3.05, 3.63) is 64.2 Å². The van der Waals surface area contributed by atoms with Crippen molar-refractivity contribution in [3.8, 4) is 5.75 Å². The summed E-state index contributed by atoms with van der Waals surface area (Å²) in [4.78, 5) is 27.3. The first kappa shape index (κ1) is 23.0. The van der Waals surface area contributed by atoms with Gasteiger partial charge < -0.3 is 14.7 Å². The van der Waals surface area contributed by atoms with Crippen molar-refractivity contribution in [1.29, 1.82) is 0 Å². The number of benzene rings is 2. The average Bonchev–Trinajstić information content (AvgIpc) is 2.69. The molecule has 1 aliphatic heterocycles. The quantitative estimate of drug-likeness (QED) is 0.697. The number of ether oxygens (including phenoxy) is 1. The molecular formula is C22H23ClF2N2O4. The first-order valence-electron chi connectivity index (χ1n) is 9.81. The predicted molar refractivity (Wildman–Crippen MR) is 111 cm³/mol. The van der Waals surface area contributed by atoms with Crippen LogP contribution in [0, 0.1) is 11.6 Å². The molecule has 0 bridgehead atoms. The van der Waals surface area contributed by atoms with Gasteiger partial charge in [0.05, 0.1) is 6.42 Å². The zero-order valence-corrected chi connectivity index (χ0v) is 17.7. The van der Waals surface area contributed by atoms with Crippen LogP contribution < -0.4 is 4.74 Å². The number of carbonyl (C=O) groups is 2. The second kappa shape index (κ2) is 10.1. The van der Waals surface area contributed by atoms with E-state index in [1.165, 1.54) is 6.07 Å². The van der Waals surface area contributed by atoms with E-state index in [-0.39, 0.29) is 23.9 Å². The molecule has 0 aliphatic carbocycles. The number of aliphatic carboxylic acids is 1. The number of halogens is 3.